The van der Waals surface area contributed by atoms with Gasteiger partial charge in [-0.05, 0) is 73.5 Å². The first-order valence-electron chi connectivity index (χ1n) is 9.19. The summed E-state index contributed by atoms with van der Waals surface area (Å²) in [6, 6.07) is 15.8. The second-order valence-electron chi connectivity index (χ2n) is 6.88. The van der Waals surface area contributed by atoms with Crippen LogP contribution in [-0.2, 0) is 14.8 Å². The van der Waals surface area contributed by atoms with E-state index < -0.39 is 22.5 Å². The lowest BCUT2D eigenvalue weighted by Crippen LogP contribution is -2.38. The lowest BCUT2D eigenvalue weighted by molar-refractivity contribution is -0.114. The van der Waals surface area contributed by atoms with Gasteiger partial charge >= 0.3 is 0 Å². The molecule has 1 amide bonds. The average Bonchev–Trinajstić information content (AvgIpc) is 2.72. The molecular weight excluding hydrogens is 479 g/mol. The highest BCUT2D eigenvalue weighted by molar-refractivity contribution is 7.92. The van der Waals surface area contributed by atoms with Gasteiger partial charge in [-0.15, -0.1) is 0 Å². The van der Waals surface area contributed by atoms with Gasteiger partial charge in [0.1, 0.15) is 6.54 Å². The molecule has 0 saturated heterocycles. The van der Waals surface area contributed by atoms with E-state index in [1.807, 2.05) is 13.8 Å². The van der Waals surface area contributed by atoms with Crippen LogP contribution in [0.25, 0.3) is 0 Å². The van der Waals surface area contributed by atoms with Crippen molar-refractivity contribution in [3.8, 4) is 0 Å². The van der Waals surface area contributed by atoms with Crippen molar-refractivity contribution in [2.75, 3.05) is 16.2 Å². The highest BCUT2D eigenvalue weighted by atomic mass is 35.5. The summed E-state index contributed by atoms with van der Waals surface area (Å²) < 4.78 is 27.9. The zero-order valence-corrected chi connectivity index (χ0v) is 19.8. The molecule has 5 nitrogen and oxygen atoms in total. The lowest BCUT2D eigenvalue weighted by Gasteiger charge is -2.25. The van der Waals surface area contributed by atoms with Crippen LogP contribution in [0.1, 0.15) is 11.1 Å². The maximum absolute atomic E-state index is 13.4. The molecule has 0 aliphatic rings. The van der Waals surface area contributed by atoms with E-state index >= 15 is 0 Å². The van der Waals surface area contributed by atoms with Gasteiger partial charge in [-0.25, -0.2) is 8.42 Å². The Morgan fingerprint density at radius 3 is 2.26 bits per heavy atom. The highest BCUT2D eigenvalue weighted by Gasteiger charge is 2.28. The van der Waals surface area contributed by atoms with Crippen LogP contribution in [0.5, 0.6) is 0 Å². The molecule has 0 spiro atoms. The Morgan fingerprint density at radius 2 is 1.61 bits per heavy atom. The summed E-state index contributed by atoms with van der Waals surface area (Å²) in [6.07, 6.45) is 0. The van der Waals surface area contributed by atoms with Crippen LogP contribution in [0.4, 0.5) is 11.4 Å². The second kappa shape index (κ2) is 9.49. The first kappa shape index (κ1) is 23.4. The fourth-order valence-electron chi connectivity index (χ4n) is 2.85. The smallest absolute Gasteiger partial charge is 0.264 e. The van der Waals surface area contributed by atoms with Crippen molar-refractivity contribution in [3.63, 3.8) is 0 Å². The molecule has 0 aliphatic heterocycles. The number of aryl methyl sites for hydroxylation is 2. The Kier molecular flexibility index (Phi) is 7.17. The zero-order valence-electron chi connectivity index (χ0n) is 16.7. The number of nitrogens with one attached hydrogen (secondary N) is 1. The van der Waals surface area contributed by atoms with E-state index in [1.165, 1.54) is 24.3 Å². The lowest BCUT2D eigenvalue weighted by atomic mass is 10.1. The second-order valence-corrected chi connectivity index (χ2v) is 9.97. The number of halogens is 3. The summed E-state index contributed by atoms with van der Waals surface area (Å²) in [7, 11) is -4.05. The monoisotopic (exact) mass is 496 g/mol. The molecule has 31 heavy (non-hydrogen) atoms. The number of benzene rings is 3. The highest BCUT2D eigenvalue weighted by Crippen LogP contribution is 2.30. The molecule has 0 bridgehead atoms. The van der Waals surface area contributed by atoms with Crippen LogP contribution in [0.2, 0.25) is 15.1 Å². The van der Waals surface area contributed by atoms with Crippen LogP contribution < -0.4 is 9.62 Å². The number of amides is 1. The van der Waals surface area contributed by atoms with Gasteiger partial charge in [0, 0.05) is 5.02 Å². The Labute approximate surface area is 196 Å². The van der Waals surface area contributed by atoms with E-state index in [9.17, 15) is 13.2 Å². The number of nitrogens with zero attached hydrogens (tertiary/aromatic N) is 1. The maximum atomic E-state index is 13.4. The van der Waals surface area contributed by atoms with E-state index in [2.05, 4.69) is 5.32 Å². The first-order chi connectivity index (χ1) is 14.6. The van der Waals surface area contributed by atoms with Gasteiger partial charge in [0.25, 0.3) is 10.0 Å². The van der Waals surface area contributed by atoms with Crippen molar-refractivity contribution in [1.29, 1.82) is 0 Å². The van der Waals surface area contributed by atoms with Crippen molar-refractivity contribution in [3.05, 3.63) is 86.9 Å². The van der Waals surface area contributed by atoms with Crippen LogP contribution in [0.15, 0.2) is 65.6 Å². The van der Waals surface area contributed by atoms with Crippen molar-refractivity contribution in [2.45, 2.75) is 18.7 Å². The zero-order chi connectivity index (χ0) is 22.8. The topological polar surface area (TPSA) is 66.5 Å². The summed E-state index contributed by atoms with van der Waals surface area (Å²) in [4.78, 5) is 12.8. The minimum absolute atomic E-state index is 0.0173. The van der Waals surface area contributed by atoms with Gasteiger partial charge < -0.3 is 5.32 Å². The fourth-order valence-corrected chi connectivity index (χ4v) is 4.74. The summed E-state index contributed by atoms with van der Waals surface area (Å²) >= 11 is 18.0. The minimum Gasteiger partial charge on any atom is -0.323 e. The van der Waals surface area contributed by atoms with Crippen LogP contribution in [0.3, 0.4) is 0 Å². The van der Waals surface area contributed by atoms with Crippen molar-refractivity contribution in [2.24, 2.45) is 0 Å². The molecule has 3 aromatic carbocycles. The predicted octanol–water partition coefficient (Wildman–Crippen LogP) is 6.10. The third-order valence-electron chi connectivity index (χ3n) is 4.69. The number of hydrogen-bond acceptors (Lipinski definition) is 3. The molecule has 0 fully saturated rings. The number of rotatable bonds is 6. The molecular formula is C22H19Cl3N2O3S. The van der Waals surface area contributed by atoms with Gasteiger partial charge in [0.2, 0.25) is 5.91 Å². The molecule has 0 aromatic heterocycles. The average molecular weight is 498 g/mol. The Bertz CT molecular complexity index is 1230. The summed E-state index contributed by atoms with van der Waals surface area (Å²) in [5.74, 6) is -0.570. The number of carbonyl (C=O) groups excluding carboxylic acids is 1. The summed E-state index contributed by atoms with van der Waals surface area (Å²) in [5, 5.41) is 3.49. The van der Waals surface area contributed by atoms with Crippen LogP contribution in [0, 0.1) is 13.8 Å². The molecule has 0 atom stereocenters. The fraction of sp³-hybridized carbons (Fsp3) is 0.136. The predicted molar refractivity (Wildman–Crippen MR) is 127 cm³/mol. The van der Waals surface area contributed by atoms with Crippen molar-refractivity contribution >= 4 is 62.1 Å². The van der Waals surface area contributed by atoms with Crippen LogP contribution in [-0.4, -0.2) is 20.9 Å². The molecule has 3 aromatic rings. The normalized spacial score (nSPS) is 11.3. The van der Waals surface area contributed by atoms with Crippen molar-refractivity contribution < 1.29 is 13.2 Å². The van der Waals surface area contributed by atoms with Gasteiger partial charge in [-0.3, -0.25) is 9.10 Å². The third-order valence-corrected chi connectivity index (χ3v) is 7.55. The first-order valence-corrected chi connectivity index (χ1v) is 11.8. The molecule has 162 valence electrons. The number of anilines is 2. The van der Waals surface area contributed by atoms with Crippen LogP contribution >= 0.6 is 34.8 Å². The SMILES string of the molecule is Cc1ccc(N(CC(=O)Nc2cccc(Cl)c2Cl)S(=O)(=O)c2ccc(Cl)cc2)cc1C. The third kappa shape index (κ3) is 5.33. The summed E-state index contributed by atoms with van der Waals surface area (Å²) in [5.41, 5.74) is 2.56. The molecule has 0 heterocycles. The minimum atomic E-state index is -4.05. The molecule has 0 radical (unpaired) electrons. The molecule has 0 aliphatic carbocycles. The largest absolute Gasteiger partial charge is 0.323 e. The standard InChI is InChI=1S/C22H19Cl3N2O3S/c1-14-6-9-17(12-15(14)2)27(31(29,30)18-10-7-16(23)8-11-18)13-21(28)26-20-5-3-4-19(24)22(20)25/h3-12H,13H2,1-2H3,(H,26,28). The molecule has 9 heteroatoms. The number of carbonyl (C=O) groups is 1. The quantitative estimate of drug-likeness (QED) is 0.447. The van der Waals surface area contributed by atoms with Gasteiger partial charge in [0.05, 0.1) is 26.3 Å². The van der Waals surface area contributed by atoms with E-state index in [1.54, 1.807) is 36.4 Å². The van der Waals surface area contributed by atoms with E-state index in [0.29, 0.717) is 16.4 Å². The van der Waals surface area contributed by atoms with E-state index in [-0.39, 0.29) is 14.9 Å². The van der Waals surface area contributed by atoms with E-state index in [0.717, 1.165) is 15.4 Å². The van der Waals surface area contributed by atoms with E-state index in [4.69, 9.17) is 34.8 Å². The molecule has 3 rings (SSSR count). The van der Waals surface area contributed by atoms with Gasteiger partial charge in [-0.1, -0.05) is 46.9 Å². The Balaban J connectivity index is 1.99. The molecule has 0 saturated carbocycles. The number of sulfonamides is 1. The molecule has 0 unspecified atom stereocenters. The Hall–Kier alpha value is -2.25. The maximum Gasteiger partial charge on any atom is 0.264 e. The van der Waals surface area contributed by atoms with Gasteiger partial charge in [-0.2, -0.15) is 0 Å². The van der Waals surface area contributed by atoms with Crippen molar-refractivity contribution in [1.82, 2.24) is 0 Å². The number of hydrogen-bond donors (Lipinski definition) is 1. The summed E-state index contributed by atoms with van der Waals surface area (Å²) in [6.45, 7) is 3.33. The Morgan fingerprint density at radius 1 is 0.935 bits per heavy atom. The molecule has 1 N–H and O–H groups in total. The van der Waals surface area contributed by atoms with Gasteiger partial charge in [0.15, 0.2) is 0 Å².